The Morgan fingerprint density at radius 1 is 1.12 bits per heavy atom. The van der Waals surface area contributed by atoms with Crippen LogP contribution in [0.1, 0.15) is 29.2 Å². The van der Waals surface area contributed by atoms with Gasteiger partial charge in [-0.25, -0.2) is 10.2 Å². The van der Waals surface area contributed by atoms with Crippen LogP contribution in [0, 0.1) is 10.5 Å². The molecule has 0 spiro atoms. The molecule has 0 saturated heterocycles. The highest BCUT2D eigenvalue weighted by molar-refractivity contribution is 14.1. The minimum atomic E-state index is -0.417. The molecule has 0 bridgehead atoms. The molecule has 0 radical (unpaired) electrons. The zero-order valence-electron chi connectivity index (χ0n) is 19.3. The van der Waals surface area contributed by atoms with Gasteiger partial charge in [0.15, 0.2) is 11.5 Å². The van der Waals surface area contributed by atoms with Crippen molar-refractivity contribution in [1.82, 2.24) is 5.43 Å². The second-order valence-electron chi connectivity index (χ2n) is 7.49. The average molecular weight is 569 g/mol. The monoisotopic (exact) mass is 569 g/mol. The van der Waals surface area contributed by atoms with Crippen molar-refractivity contribution in [1.29, 1.82) is 0 Å². The minimum absolute atomic E-state index is 0.417. The molecule has 2 amide bonds. The maximum Gasteiger partial charge on any atom is 0.339 e. The summed E-state index contributed by atoms with van der Waals surface area (Å²) in [5.41, 5.74) is 6.98. The Morgan fingerprint density at radius 3 is 2.59 bits per heavy atom. The van der Waals surface area contributed by atoms with E-state index in [0.717, 1.165) is 27.9 Å². The number of ether oxygens (including phenoxy) is 2. The average Bonchev–Trinajstić information content (AvgIpc) is 2.81. The number of benzene rings is 3. The van der Waals surface area contributed by atoms with E-state index in [0.29, 0.717) is 31.1 Å². The lowest BCUT2D eigenvalue weighted by molar-refractivity contribution is 0.252. The Kier molecular flexibility index (Phi) is 9.51. The van der Waals surface area contributed by atoms with Crippen LogP contribution in [0.4, 0.5) is 10.5 Å². The molecule has 2 N–H and O–H groups in total. The maximum absolute atomic E-state index is 12.2. The largest absolute Gasteiger partial charge is 0.490 e. The van der Waals surface area contributed by atoms with Gasteiger partial charge in [-0.05, 0) is 89.9 Å². The van der Waals surface area contributed by atoms with E-state index >= 15 is 0 Å². The molecule has 0 aliphatic rings. The van der Waals surface area contributed by atoms with E-state index in [-0.39, 0.29) is 0 Å². The van der Waals surface area contributed by atoms with E-state index in [2.05, 4.69) is 57.1 Å². The number of nitrogens with one attached hydrogen (secondary N) is 2. The summed E-state index contributed by atoms with van der Waals surface area (Å²) < 4.78 is 13.2. The van der Waals surface area contributed by atoms with E-state index in [1.807, 2.05) is 68.5 Å². The molecule has 3 aromatic carbocycles. The Balaban J connectivity index is 1.75. The van der Waals surface area contributed by atoms with Gasteiger partial charge in [0, 0.05) is 14.8 Å². The number of halogens is 1. The van der Waals surface area contributed by atoms with Crippen molar-refractivity contribution in [2.45, 2.75) is 26.9 Å². The molecular formula is C27H28IN3O3. The zero-order valence-corrected chi connectivity index (χ0v) is 21.5. The van der Waals surface area contributed by atoms with Crippen molar-refractivity contribution >= 4 is 40.5 Å². The Morgan fingerprint density at radius 2 is 1.88 bits per heavy atom. The van der Waals surface area contributed by atoms with Crippen molar-refractivity contribution in [2.24, 2.45) is 5.10 Å². The van der Waals surface area contributed by atoms with Gasteiger partial charge in [-0.1, -0.05) is 36.4 Å². The highest BCUT2D eigenvalue weighted by Crippen LogP contribution is 2.34. The quantitative estimate of drug-likeness (QED) is 0.127. The summed E-state index contributed by atoms with van der Waals surface area (Å²) >= 11 is 2.28. The number of amides is 2. The lowest BCUT2D eigenvalue weighted by atomic mass is 10.1. The van der Waals surface area contributed by atoms with Gasteiger partial charge in [0.25, 0.3) is 0 Å². The number of anilines is 1. The number of allylic oxidation sites excluding steroid dienone is 1. The first kappa shape index (κ1) is 25.3. The topological polar surface area (TPSA) is 72.0 Å². The summed E-state index contributed by atoms with van der Waals surface area (Å²) in [5.74, 6) is 1.31. The molecule has 0 unspecified atom stereocenters. The Bertz CT molecular complexity index is 1160. The first-order valence-electron chi connectivity index (χ1n) is 10.9. The first-order chi connectivity index (χ1) is 16.5. The molecule has 7 heteroatoms. The molecule has 0 atom stereocenters. The fourth-order valence-corrected chi connectivity index (χ4v) is 3.62. The van der Waals surface area contributed by atoms with Gasteiger partial charge in [0.05, 0.1) is 12.8 Å². The van der Waals surface area contributed by atoms with Crippen LogP contribution in [-0.4, -0.2) is 18.9 Å². The third-order valence-corrected chi connectivity index (χ3v) is 5.61. The van der Waals surface area contributed by atoms with Crippen molar-refractivity contribution in [2.75, 3.05) is 11.9 Å². The van der Waals surface area contributed by atoms with Gasteiger partial charge in [-0.2, -0.15) is 5.10 Å². The van der Waals surface area contributed by atoms with Crippen molar-refractivity contribution < 1.29 is 14.3 Å². The predicted octanol–water partition coefficient (Wildman–Crippen LogP) is 6.46. The SMILES string of the molecule is C=CCc1cc(C=NNC(=O)Nc2ccccc2C)cc(OCC)c1OCc1ccc(I)cc1. The molecular weight excluding hydrogens is 541 g/mol. The standard InChI is InChI=1S/C27H28IN3O3/c1-4-8-22-15-21(17-29-31-27(32)30-24-10-7-6-9-19(24)3)16-25(33-5-2)26(22)34-18-20-11-13-23(28)14-12-20/h4,6-7,9-17H,1,5,8,18H2,2-3H3,(H2,30,31,32). The summed E-state index contributed by atoms with van der Waals surface area (Å²) in [7, 11) is 0. The van der Waals surface area contributed by atoms with Crippen molar-refractivity contribution in [3.05, 3.63) is 99.1 Å². The number of hydrogen-bond acceptors (Lipinski definition) is 4. The highest BCUT2D eigenvalue weighted by atomic mass is 127. The van der Waals surface area contributed by atoms with E-state index in [4.69, 9.17) is 9.47 Å². The number of hydrogen-bond donors (Lipinski definition) is 2. The normalized spacial score (nSPS) is 10.7. The lowest BCUT2D eigenvalue weighted by Crippen LogP contribution is -2.24. The van der Waals surface area contributed by atoms with Crippen LogP contribution in [0.2, 0.25) is 0 Å². The number of nitrogens with zero attached hydrogens (tertiary/aromatic N) is 1. The van der Waals surface area contributed by atoms with Crippen molar-refractivity contribution in [3.63, 3.8) is 0 Å². The number of hydrazone groups is 1. The summed E-state index contributed by atoms with van der Waals surface area (Å²) in [5, 5.41) is 6.87. The van der Waals surface area contributed by atoms with Gasteiger partial charge in [-0.15, -0.1) is 6.58 Å². The predicted molar refractivity (Wildman–Crippen MR) is 146 cm³/mol. The molecule has 0 aliphatic heterocycles. The molecule has 6 nitrogen and oxygen atoms in total. The van der Waals surface area contributed by atoms with Crippen LogP contribution in [-0.2, 0) is 13.0 Å². The number of rotatable bonds is 10. The molecule has 176 valence electrons. The van der Waals surface area contributed by atoms with Crippen LogP contribution < -0.4 is 20.2 Å². The van der Waals surface area contributed by atoms with Crippen LogP contribution in [0.15, 0.2) is 78.4 Å². The van der Waals surface area contributed by atoms with Crippen LogP contribution in [0.5, 0.6) is 11.5 Å². The molecule has 0 heterocycles. The molecule has 3 rings (SSSR count). The van der Waals surface area contributed by atoms with Crippen LogP contribution >= 0.6 is 22.6 Å². The van der Waals surface area contributed by atoms with E-state index < -0.39 is 6.03 Å². The second kappa shape index (κ2) is 12.8. The highest BCUT2D eigenvalue weighted by Gasteiger charge is 2.13. The lowest BCUT2D eigenvalue weighted by Gasteiger charge is -2.17. The van der Waals surface area contributed by atoms with Crippen LogP contribution in [0.3, 0.4) is 0 Å². The molecule has 3 aromatic rings. The van der Waals surface area contributed by atoms with E-state index in [9.17, 15) is 4.79 Å². The third-order valence-electron chi connectivity index (χ3n) is 4.89. The number of carbonyl (C=O) groups excluding carboxylic acids is 1. The van der Waals surface area contributed by atoms with Gasteiger partial charge >= 0.3 is 6.03 Å². The van der Waals surface area contributed by atoms with E-state index in [1.165, 1.54) is 3.57 Å². The zero-order chi connectivity index (χ0) is 24.3. The number of carbonyl (C=O) groups is 1. The summed E-state index contributed by atoms with van der Waals surface area (Å²) in [4.78, 5) is 12.2. The van der Waals surface area contributed by atoms with Crippen molar-refractivity contribution in [3.8, 4) is 11.5 Å². The molecule has 0 aliphatic carbocycles. The molecule has 0 fully saturated rings. The second-order valence-corrected chi connectivity index (χ2v) is 8.73. The molecule has 0 aromatic heterocycles. The maximum atomic E-state index is 12.2. The Labute approximate surface area is 214 Å². The van der Waals surface area contributed by atoms with Gasteiger partial charge in [0.2, 0.25) is 0 Å². The summed E-state index contributed by atoms with van der Waals surface area (Å²) in [6.45, 7) is 8.64. The number of para-hydroxylation sites is 1. The smallest absolute Gasteiger partial charge is 0.339 e. The molecule has 0 saturated carbocycles. The van der Waals surface area contributed by atoms with Gasteiger partial charge in [0.1, 0.15) is 6.61 Å². The van der Waals surface area contributed by atoms with Gasteiger partial charge < -0.3 is 14.8 Å². The van der Waals surface area contributed by atoms with E-state index in [1.54, 1.807) is 6.21 Å². The number of aryl methyl sites for hydroxylation is 1. The first-order valence-corrected chi connectivity index (χ1v) is 12.0. The summed E-state index contributed by atoms with van der Waals surface area (Å²) in [6.07, 6.45) is 4.00. The third kappa shape index (κ3) is 7.34. The Hall–Kier alpha value is -3.33. The fourth-order valence-electron chi connectivity index (χ4n) is 3.26. The van der Waals surface area contributed by atoms with Crippen LogP contribution in [0.25, 0.3) is 0 Å². The fraction of sp³-hybridized carbons (Fsp3) is 0.185. The summed E-state index contributed by atoms with van der Waals surface area (Å²) in [6, 6.07) is 19.1. The number of urea groups is 1. The molecule has 34 heavy (non-hydrogen) atoms. The minimum Gasteiger partial charge on any atom is -0.490 e. The van der Waals surface area contributed by atoms with Gasteiger partial charge in [-0.3, -0.25) is 0 Å².